The molecule has 68 valence electrons. The Morgan fingerprint density at radius 2 is 2.33 bits per heavy atom. The Bertz CT molecular complexity index is 330. The highest BCUT2D eigenvalue weighted by Crippen LogP contribution is 2.11. The molecular formula is C6H10N2O3S. The highest BCUT2D eigenvalue weighted by Gasteiger charge is 2.12. The molecule has 6 heteroatoms. The molecule has 0 aliphatic heterocycles. The topological polar surface area (TPSA) is 85.3 Å². The van der Waals surface area contributed by atoms with E-state index in [0.29, 0.717) is 5.76 Å². The molecule has 5 nitrogen and oxygen atoms in total. The van der Waals surface area contributed by atoms with Crippen molar-refractivity contribution in [2.24, 2.45) is 5.14 Å². The van der Waals surface area contributed by atoms with Gasteiger partial charge in [0, 0.05) is 0 Å². The predicted octanol–water partition coefficient (Wildman–Crippen LogP) is 0.134. The number of furan rings is 1. The van der Waals surface area contributed by atoms with Gasteiger partial charge >= 0.3 is 0 Å². The SMILES string of the molecule is C[C@@H](NS(N)(=O)=O)c1ccco1. The van der Waals surface area contributed by atoms with Crippen LogP contribution in [0.25, 0.3) is 0 Å². The first-order valence-electron chi connectivity index (χ1n) is 3.32. The zero-order valence-corrected chi connectivity index (χ0v) is 7.34. The lowest BCUT2D eigenvalue weighted by Gasteiger charge is -2.07. The maximum absolute atomic E-state index is 10.6. The van der Waals surface area contributed by atoms with Gasteiger partial charge in [-0.25, -0.2) is 5.14 Å². The Morgan fingerprint density at radius 1 is 1.67 bits per heavy atom. The van der Waals surface area contributed by atoms with Gasteiger partial charge in [0.1, 0.15) is 5.76 Å². The summed E-state index contributed by atoms with van der Waals surface area (Å²) in [6.45, 7) is 1.64. The van der Waals surface area contributed by atoms with Crippen LogP contribution in [0.4, 0.5) is 0 Å². The van der Waals surface area contributed by atoms with E-state index in [4.69, 9.17) is 9.56 Å². The van der Waals surface area contributed by atoms with Gasteiger partial charge in [0.05, 0.1) is 12.3 Å². The second-order valence-corrected chi connectivity index (χ2v) is 3.73. The molecule has 0 spiro atoms. The predicted molar refractivity (Wildman–Crippen MR) is 43.4 cm³/mol. The summed E-state index contributed by atoms with van der Waals surface area (Å²) < 4.78 is 28.3. The summed E-state index contributed by atoms with van der Waals surface area (Å²) in [4.78, 5) is 0. The van der Waals surface area contributed by atoms with Crippen LogP contribution < -0.4 is 9.86 Å². The van der Waals surface area contributed by atoms with E-state index in [1.54, 1.807) is 19.1 Å². The van der Waals surface area contributed by atoms with Crippen LogP contribution in [-0.4, -0.2) is 8.42 Å². The van der Waals surface area contributed by atoms with Crippen molar-refractivity contribution in [2.45, 2.75) is 13.0 Å². The largest absolute Gasteiger partial charge is 0.468 e. The van der Waals surface area contributed by atoms with Crippen molar-refractivity contribution >= 4 is 10.2 Å². The van der Waals surface area contributed by atoms with Crippen LogP contribution in [0.1, 0.15) is 18.7 Å². The van der Waals surface area contributed by atoms with Crippen LogP contribution in [0.15, 0.2) is 22.8 Å². The fourth-order valence-corrected chi connectivity index (χ4v) is 1.45. The maximum atomic E-state index is 10.6. The van der Waals surface area contributed by atoms with E-state index in [1.807, 2.05) is 0 Å². The minimum absolute atomic E-state index is 0.435. The Balaban J connectivity index is 2.68. The molecule has 0 aliphatic rings. The Kier molecular flexibility index (Phi) is 2.51. The molecule has 1 aromatic heterocycles. The van der Waals surface area contributed by atoms with E-state index in [9.17, 15) is 8.42 Å². The van der Waals surface area contributed by atoms with Crippen LogP contribution in [0.2, 0.25) is 0 Å². The number of nitrogens with two attached hydrogens (primary N) is 1. The van der Waals surface area contributed by atoms with Crippen molar-refractivity contribution in [1.29, 1.82) is 0 Å². The average Bonchev–Trinajstić information content (AvgIpc) is 2.32. The molecular weight excluding hydrogens is 180 g/mol. The third-order valence-electron chi connectivity index (χ3n) is 1.31. The molecule has 0 aromatic carbocycles. The molecule has 0 unspecified atom stereocenters. The summed E-state index contributed by atoms with van der Waals surface area (Å²) in [5, 5.41) is 4.76. The molecule has 0 saturated carbocycles. The summed E-state index contributed by atoms with van der Waals surface area (Å²) in [5.74, 6) is 0.532. The molecule has 3 N–H and O–H groups in total. The number of nitrogens with one attached hydrogen (secondary N) is 1. The fourth-order valence-electron chi connectivity index (χ4n) is 0.842. The first-order chi connectivity index (χ1) is 5.49. The van der Waals surface area contributed by atoms with Crippen molar-refractivity contribution in [3.63, 3.8) is 0 Å². The van der Waals surface area contributed by atoms with E-state index in [0.717, 1.165) is 0 Å². The Labute approximate surface area is 70.7 Å². The third-order valence-corrected chi connectivity index (χ3v) is 1.99. The van der Waals surface area contributed by atoms with E-state index < -0.39 is 16.3 Å². The van der Waals surface area contributed by atoms with Gasteiger partial charge in [0.2, 0.25) is 0 Å². The minimum Gasteiger partial charge on any atom is -0.468 e. The van der Waals surface area contributed by atoms with E-state index >= 15 is 0 Å². The standard InChI is InChI=1S/C6H10N2O3S/c1-5(8-12(7,9)10)6-3-2-4-11-6/h2-5,8H,1H3,(H2,7,9,10)/t5-/m1/s1. The van der Waals surface area contributed by atoms with Crippen molar-refractivity contribution in [1.82, 2.24) is 4.72 Å². The molecule has 12 heavy (non-hydrogen) atoms. The van der Waals surface area contributed by atoms with Crippen LogP contribution in [0, 0.1) is 0 Å². The molecule has 1 rings (SSSR count). The molecule has 1 aromatic rings. The van der Waals surface area contributed by atoms with Gasteiger partial charge in [-0.3, -0.25) is 0 Å². The van der Waals surface area contributed by atoms with Gasteiger partial charge in [-0.05, 0) is 19.1 Å². The van der Waals surface area contributed by atoms with Gasteiger partial charge in [0.15, 0.2) is 0 Å². The highest BCUT2D eigenvalue weighted by atomic mass is 32.2. The lowest BCUT2D eigenvalue weighted by Crippen LogP contribution is -2.32. The summed E-state index contributed by atoms with van der Waals surface area (Å²) in [6.07, 6.45) is 1.47. The molecule has 1 heterocycles. The third kappa shape index (κ3) is 2.65. The van der Waals surface area contributed by atoms with Crippen molar-refractivity contribution < 1.29 is 12.8 Å². The van der Waals surface area contributed by atoms with Crippen molar-refractivity contribution in [2.75, 3.05) is 0 Å². The first-order valence-corrected chi connectivity index (χ1v) is 4.87. The smallest absolute Gasteiger partial charge is 0.275 e. The zero-order valence-electron chi connectivity index (χ0n) is 6.52. The maximum Gasteiger partial charge on any atom is 0.275 e. The Morgan fingerprint density at radius 3 is 2.75 bits per heavy atom. The van der Waals surface area contributed by atoms with Crippen LogP contribution in [0.3, 0.4) is 0 Å². The summed E-state index contributed by atoms with van der Waals surface area (Å²) in [5.41, 5.74) is 0. The summed E-state index contributed by atoms with van der Waals surface area (Å²) in [7, 11) is -3.66. The normalized spacial score (nSPS) is 14.5. The van der Waals surface area contributed by atoms with E-state index in [1.165, 1.54) is 6.26 Å². The number of hydrogen-bond donors (Lipinski definition) is 2. The monoisotopic (exact) mass is 190 g/mol. The molecule has 0 radical (unpaired) electrons. The van der Waals surface area contributed by atoms with Crippen LogP contribution in [0.5, 0.6) is 0 Å². The number of hydrogen-bond acceptors (Lipinski definition) is 3. The van der Waals surface area contributed by atoms with Gasteiger partial charge in [-0.1, -0.05) is 0 Å². The summed E-state index contributed by atoms with van der Waals surface area (Å²) >= 11 is 0. The lowest BCUT2D eigenvalue weighted by atomic mass is 10.3. The van der Waals surface area contributed by atoms with Gasteiger partial charge in [0.25, 0.3) is 10.2 Å². The Hall–Kier alpha value is -0.850. The van der Waals surface area contributed by atoms with E-state index in [2.05, 4.69) is 4.72 Å². The second kappa shape index (κ2) is 3.26. The summed E-state index contributed by atoms with van der Waals surface area (Å²) in [6, 6.07) is 2.91. The van der Waals surface area contributed by atoms with Gasteiger partial charge < -0.3 is 4.42 Å². The van der Waals surface area contributed by atoms with Gasteiger partial charge in [-0.15, -0.1) is 0 Å². The molecule has 0 fully saturated rings. The first kappa shape index (κ1) is 9.24. The van der Waals surface area contributed by atoms with Crippen molar-refractivity contribution in [3.05, 3.63) is 24.2 Å². The fraction of sp³-hybridized carbons (Fsp3) is 0.333. The average molecular weight is 190 g/mol. The molecule has 1 atom stereocenters. The minimum atomic E-state index is -3.66. The second-order valence-electron chi connectivity index (χ2n) is 2.40. The van der Waals surface area contributed by atoms with Crippen LogP contribution >= 0.6 is 0 Å². The highest BCUT2D eigenvalue weighted by molar-refractivity contribution is 7.87. The van der Waals surface area contributed by atoms with E-state index in [-0.39, 0.29) is 0 Å². The molecule has 0 saturated heterocycles. The molecule has 0 bridgehead atoms. The quantitative estimate of drug-likeness (QED) is 0.710. The number of rotatable bonds is 3. The lowest BCUT2D eigenvalue weighted by molar-refractivity contribution is 0.459. The van der Waals surface area contributed by atoms with Gasteiger partial charge in [-0.2, -0.15) is 13.1 Å². The van der Waals surface area contributed by atoms with Crippen LogP contribution in [-0.2, 0) is 10.2 Å². The zero-order chi connectivity index (χ0) is 9.19. The molecule has 0 amide bonds. The molecule has 0 aliphatic carbocycles. The van der Waals surface area contributed by atoms with Crippen molar-refractivity contribution in [3.8, 4) is 0 Å².